The van der Waals surface area contributed by atoms with Crippen LogP contribution in [-0.2, 0) is 20.1 Å². The summed E-state index contributed by atoms with van der Waals surface area (Å²) in [6, 6.07) is 8.04. The number of hydrogen-bond acceptors (Lipinski definition) is 5. The Morgan fingerprint density at radius 2 is 1.96 bits per heavy atom. The number of anilines is 1. The second kappa shape index (κ2) is 6.32. The Bertz CT molecular complexity index is 982. The first-order valence-electron chi connectivity index (χ1n) is 7.61. The van der Waals surface area contributed by atoms with Gasteiger partial charge in [-0.15, -0.1) is 0 Å². The molecule has 2 heterocycles. The van der Waals surface area contributed by atoms with Gasteiger partial charge < -0.3 is 15.0 Å². The predicted molar refractivity (Wildman–Crippen MR) is 91.2 cm³/mol. The van der Waals surface area contributed by atoms with Gasteiger partial charge in [-0.05, 0) is 12.5 Å². The second-order valence-corrected chi connectivity index (χ2v) is 5.64. The van der Waals surface area contributed by atoms with E-state index in [1.807, 2.05) is 31.2 Å². The second-order valence-electron chi connectivity index (χ2n) is 5.64. The van der Waals surface area contributed by atoms with Crippen LogP contribution in [-0.4, -0.2) is 30.8 Å². The molecular weight excluding hydrogens is 310 g/mol. The third-order valence-corrected chi connectivity index (χ3v) is 3.90. The molecule has 0 amide bonds. The van der Waals surface area contributed by atoms with Crippen molar-refractivity contribution in [1.82, 2.24) is 19.1 Å². The van der Waals surface area contributed by atoms with Crippen LogP contribution in [0.15, 0.2) is 33.9 Å². The number of rotatable bonds is 5. The summed E-state index contributed by atoms with van der Waals surface area (Å²) in [4.78, 5) is 30.5. The molecule has 0 saturated carbocycles. The number of aromatic amines is 1. The summed E-state index contributed by atoms with van der Waals surface area (Å²) in [6.07, 6.45) is 0. The summed E-state index contributed by atoms with van der Waals surface area (Å²) in [5.41, 5.74) is 1.74. The van der Waals surface area contributed by atoms with Gasteiger partial charge in [-0.25, -0.2) is 4.79 Å². The highest BCUT2D eigenvalue weighted by molar-refractivity contribution is 5.74. The van der Waals surface area contributed by atoms with Gasteiger partial charge in [0.05, 0.1) is 6.61 Å². The van der Waals surface area contributed by atoms with Gasteiger partial charge in [0, 0.05) is 20.1 Å². The third-order valence-electron chi connectivity index (χ3n) is 3.90. The van der Waals surface area contributed by atoms with Crippen LogP contribution in [0.25, 0.3) is 11.2 Å². The van der Waals surface area contributed by atoms with Crippen LogP contribution < -0.4 is 16.6 Å². The molecule has 3 rings (SSSR count). The molecule has 24 heavy (non-hydrogen) atoms. The van der Waals surface area contributed by atoms with Gasteiger partial charge in [0.15, 0.2) is 11.2 Å². The molecule has 0 aliphatic carbocycles. The smallest absolute Gasteiger partial charge is 0.329 e. The van der Waals surface area contributed by atoms with E-state index in [2.05, 4.69) is 15.3 Å². The number of aliphatic hydroxyl groups excluding tert-OH is 1. The number of hydrogen-bond donors (Lipinski definition) is 3. The molecular formula is C16H19N5O3. The highest BCUT2D eigenvalue weighted by Gasteiger charge is 2.16. The fourth-order valence-electron chi connectivity index (χ4n) is 2.57. The van der Waals surface area contributed by atoms with E-state index in [4.69, 9.17) is 0 Å². The van der Waals surface area contributed by atoms with Crippen molar-refractivity contribution in [2.45, 2.75) is 20.0 Å². The number of nitrogens with one attached hydrogen (secondary N) is 2. The summed E-state index contributed by atoms with van der Waals surface area (Å²) in [5.74, 6) is 0.436. The van der Waals surface area contributed by atoms with Crippen molar-refractivity contribution in [1.29, 1.82) is 0 Å². The maximum atomic E-state index is 12.1. The van der Waals surface area contributed by atoms with Crippen LogP contribution >= 0.6 is 0 Å². The molecule has 126 valence electrons. The maximum Gasteiger partial charge on any atom is 0.329 e. The minimum Gasteiger partial charge on any atom is -0.395 e. The SMILES string of the molecule is Cc1ccc(CNc2nc3c(c(=O)[nH]c(=O)n3C)n2CCO)cc1. The number of H-pyrrole nitrogens is 1. The van der Waals surface area contributed by atoms with Gasteiger partial charge in [0.25, 0.3) is 5.56 Å². The van der Waals surface area contributed by atoms with Crippen molar-refractivity contribution in [3.05, 3.63) is 56.2 Å². The van der Waals surface area contributed by atoms with Crippen molar-refractivity contribution < 1.29 is 5.11 Å². The Labute approximate surface area is 137 Å². The molecule has 2 aromatic heterocycles. The molecule has 0 saturated heterocycles. The van der Waals surface area contributed by atoms with Gasteiger partial charge >= 0.3 is 5.69 Å². The zero-order valence-corrected chi connectivity index (χ0v) is 13.5. The average molecular weight is 329 g/mol. The van der Waals surface area contributed by atoms with Crippen molar-refractivity contribution in [3.8, 4) is 0 Å². The molecule has 1 aromatic carbocycles. The Balaban J connectivity index is 2.03. The monoisotopic (exact) mass is 329 g/mol. The first kappa shape index (κ1) is 16.0. The Hall–Kier alpha value is -2.87. The average Bonchev–Trinajstić information content (AvgIpc) is 2.92. The summed E-state index contributed by atoms with van der Waals surface area (Å²) >= 11 is 0. The predicted octanol–water partition coefficient (Wildman–Crippen LogP) is 0.336. The molecule has 0 atom stereocenters. The third kappa shape index (κ3) is 2.83. The lowest BCUT2D eigenvalue weighted by atomic mass is 10.1. The molecule has 8 nitrogen and oxygen atoms in total. The van der Waals surface area contributed by atoms with Crippen LogP contribution in [0.4, 0.5) is 5.95 Å². The molecule has 0 aliphatic rings. The largest absolute Gasteiger partial charge is 0.395 e. The fourth-order valence-corrected chi connectivity index (χ4v) is 2.57. The van der Waals surface area contributed by atoms with E-state index in [9.17, 15) is 14.7 Å². The van der Waals surface area contributed by atoms with Crippen LogP contribution in [0.3, 0.4) is 0 Å². The quantitative estimate of drug-likeness (QED) is 0.626. The van der Waals surface area contributed by atoms with Gasteiger partial charge in [-0.2, -0.15) is 4.98 Å². The molecule has 0 unspecified atom stereocenters. The van der Waals surface area contributed by atoms with Gasteiger partial charge in [-0.1, -0.05) is 29.8 Å². The molecule has 8 heteroatoms. The van der Waals surface area contributed by atoms with E-state index in [1.54, 1.807) is 11.6 Å². The van der Waals surface area contributed by atoms with Crippen LogP contribution in [0, 0.1) is 6.92 Å². The zero-order chi connectivity index (χ0) is 17.3. The number of aliphatic hydroxyl groups is 1. The van der Waals surface area contributed by atoms with Gasteiger partial charge in [0.1, 0.15) is 0 Å². The number of aromatic nitrogens is 4. The minimum atomic E-state index is -0.522. The number of benzene rings is 1. The van der Waals surface area contributed by atoms with E-state index >= 15 is 0 Å². The van der Waals surface area contributed by atoms with Crippen LogP contribution in [0.2, 0.25) is 0 Å². The standard InChI is InChI=1S/C16H19N5O3/c1-10-3-5-11(6-4-10)9-17-15-18-13-12(21(15)7-8-22)14(23)19-16(24)20(13)2/h3-6,22H,7-9H2,1-2H3,(H,17,18)(H,19,23,24). The molecule has 0 bridgehead atoms. The molecule has 0 fully saturated rings. The number of imidazole rings is 1. The molecule has 3 N–H and O–H groups in total. The van der Waals surface area contributed by atoms with Crippen molar-refractivity contribution >= 4 is 17.1 Å². The molecule has 0 radical (unpaired) electrons. The number of fused-ring (bicyclic) bond motifs is 1. The number of nitrogens with zero attached hydrogens (tertiary/aromatic N) is 3. The Morgan fingerprint density at radius 3 is 2.62 bits per heavy atom. The van der Waals surface area contributed by atoms with E-state index in [0.29, 0.717) is 12.5 Å². The van der Waals surface area contributed by atoms with Crippen LogP contribution in [0.5, 0.6) is 0 Å². The summed E-state index contributed by atoms with van der Waals surface area (Å²) < 4.78 is 2.86. The van der Waals surface area contributed by atoms with E-state index in [1.165, 1.54) is 10.1 Å². The Morgan fingerprint density at radius 1 is 1.25 bits per heavy atom. The topological polar surface area (TPSA) is 105 Å². The fraction of sp³-hybridized carbons (Fsp3) is 0.312. The first-order valence-corrected chi connectivity index (χ1v) is 7.61. The summed E-state index contributed by atoms with van der Waals surface area (Å²) in [6.45, 7) is 2.59. The van der Waals surface area contributed by atoms with Crippen molar-refractivity contribution in [3.63, 3.8) is 0 Å². The van der Waals surface area contributed by atoms with Gasteiger partial charge in [-0.3, -0.25) is 14.3 Å². The summed E-state index contributed by atoms with van der Waals surface area (Å²) in [7, 11) is 1.54. The first-order chi connectivity index (χ1) is 11.5. The number of aryl methyl sites for hydroxylation is 2. The summed E-state index contributed by atoms with van der Waals surface area (Å²) in [5, 5.41) is 12.5. The molecule has 3 aromatic rings. The van der Waals surface area contributed by atoms with Gasteiger partial charge in [0.2, 0.25) is 5.95 Å². The maximum absolute atomic E-state index is 12.1. The highest BCUT2D eigenvalue weighted by atomic mass is 16.3. The highest BCUT2D eigenvalue weighted by Crippen LogP contribution is 2.16. The van der Waals surface area contributed by atoms with Crippen molar-refractivity contribution in [2.24, 2.45) is 7.05 Å². The zero-order valence-electron chi connectivity index (χ0n) is 13.5. The lowest BCUT2D eigenvalue weighted by molar-refractivity contribution is 0.278. The Kier molecular flexibility index (Phi) is 4.22. The normalized spacial score (nSPS) is 11.1. The van der Waals surface area contributed by atoms with E-state index in [-0.39, 0.29) is 24.3 Å². The molecule has 0 aliphatic heterocycles. The lowest BCUT2D eigenvalue weighted by Gasteiger charge is -2.09. The van der Waals surface area contributed by atoms with E-state index in [0.717, 1.165) is 5.56 Å². The van der Waals surface area contributed by atoms with Crippen molar-refractivity contribution in [2.75, 3.05) is 11.9 Å². The lowest BCUT2D eigenvalue weighted by Crippen LogP contribution is -2.29. The van der Waals surface area contributed by atoms with Crippen LogP contribution in [0.1, 0.15) is 11.1 Å². The minimum absolute atomic E-state index is 0.146. The van der Waals surface area contributed by atoms with E-state index < -0.39 is 11.2 Å². The molecule has 0 spiro atoms.